The molecule has 0 atom stereocenters. The van der Waals surface area contributed by atoms with Gasteiger partial charge >= 0.3 is 0 Å². The van der Waals surface area contributed by atoms with Crippen LogP contribution in [0.15, 0.2) is 48.5 Å². The van der Waals surface area contributed by atoms with Crippen LogP contribution in [0.25, 0.3) is 29.2 Å². The van der Waals surface area contributed by atoms with Crippen molar-refractivity contribution in [1.29, 1.82) is 0 Å². The number of aromatic nitrogens is 4. The van der Waals surface area contributed by atoms with Crippen molar-refractivity contribution in [3.63, 3.8) is 0 Å². The van der Waals surface area contributed by atoms with Gasteiger partial charge in [-0.2, -0.15) is 9.61 Å². The first-order valence-electron chi connectivity index (χ1n) is 14.1. The Kier molecular flexibility index (Phi) is 8.58. The fraction of sp³-hybridized carbons (Fsp3) is 0.406. The van der Waals surface area contributed by atoms with E-state index in [0.29, 0.717) is 5.78 Å². The van der Waals surface area contributed by atoms with Crippen LogP contribution in [0, 0.1) is 6.92 Å². The molecule has 0 fully saturated rings. The molecule has 0 aliphatic heterocycles. The van der Waals surface area contributed by atoms with E-state index in [0.717, 1.165) is 60.2 Å². The molecule has 2 aromatic heterocycles. The highest BCUT2D eigenvalue weighted by molar-refractivity contribution is 5.77. The number of hydrogen-bond acceptors (Lipinski definition) is 6. The molecular weight excluding hydrogens is 482 g/mol. The number of nitrogens with one attached hydrogen (secondary N) is 1. The summed E-state index contributed by atoms with van der Waals surface area (Å²) in [6.07, 6.45) is 4.11. The van der Waals surface area contributed by atoms with Gasteiger partial charge < -0.3 is 15.1 Å². The van der Waals surface area contributed by atoms with Gasteiger partial charge in [0.15, 0.2) is 5.82 Å². The summed E-state index contributed by atoms with van der Waals surface area (Å²) in [5.74, 6) is 1.43. The molecule has 2 aromatic carbocycles. The Balaban J connectivity index is 1.71. The molecule has 39 heavy (non-hydrogen) atoms. The highest BCUT2D eigenvalue weighted by Crippen LogP contribution is 2.31. The second kappa shape index (κ2) is 11.9. The Hall–Kier alpha value is -3.87. The quantitative estimate of drug-likeness (QED) is 0.237. The first-order chi connectivity index (χ1) is 18.7. The summed E-state index contributed by atoms with van der Waals surface area (Å²) in [7, 11) is 0. The standard InChI is InChI=1S/C32H43N7/c1-9-37(10-2)26-18-13-24(14-19-26)15-22-28-23(5)36-39-30(35-32(6,7)8)29(34-31(39)33-28)25-16-20-27(21-17-25)38(11-3)12-4/h13-22,35H,9-12H2,1-8H3. The van der Waals surface area contributed by atoms with Crippen LogP contribution in [0.5, 0.6) is 0 Å². The highest BCUT2D eigenvalue weighted by Gasteiger charge is 2.22. The highest BCUT2D eigenvalue weighted by atomic mass is 15.4. The number of hydrogen-bond donors (Lipinski definition) is 1. The maximum absolute atomic E-state index is 4.96. The second-order valence-electron chi connectivity index (χ2n) is 10.8. The van der Waals surface area contributed by atoms with Crippen LogP contribution < -0.4 is 15.1 Å². The fourth-order valence-electron chi connectivity index (χ4n) is 4.76. The van der Waals surface area contributed by atoms with Crippen LogP contribution in [0.2, 0.25) is 0 Å². The average molecular weight is 526 g/mol. The van der Waals surface area contributed by atoms with Crippen molar-refractivity contribution in [1.82, 2.24) is 19.6 Å². The lowest BCUT2D eigenvalue weighted by Gasteiger charge is -2.23. The molecular formula is C32H43N7. The van der Waals surface area contributed by atoms with Gasteiger partial charge in [-0.1, -0.05) is 30.3 Å². The summed E-state index contributed by atoms with van der Waals surface area (Å²) >= 11 is 0. The number of imidazole rings is 1. The maximum Gasteiger partial charge on any atom is 0.253 e. The lowest BCUT2D eigenvalue weighted by molar-refractivity contribution is 0.625. The van der Waals surface area contributed by atoms with Crippen molar-refractivity contribution in [2.45, 2.75) is 60.9 Å². The van der Waals surface area contributed by atoms with Crippen LogP contribution in [0.3, 0.4) is 0 Å². The van der Waals surface area contributed by atoms with E-state index in [4.69, 9.17) is 15.1 Å². The molecule has 0 spiro atoms. The molecule has 1 N–H and O–H groups in total. The summed E-state index contributed by atoms with van der Waals surface area (Å²) in [4.78, 5) is 14.6. The summed E-state index contributed by atoms with van der Waals surface area (Å²) in [6.45, 7) is 21.1. The van der Waals surface area contributed by atoms with Crippen LogP contribution in [0.4, 0.5) is 17.2 Å². The number of anilines is 3. The van der Waals surface area contributed by atoms with Crippen molar-refractivity contribution >= 4 is 35.1 Å². The first-order valence-corrected chi connectivity index (χ1v) is 14.1. The van der Waals surface area contributed by atoms with E-state index in [1.54, 1.807) is 0 Å². The van der Waals surface area contributed by atoms with Crippen LogP contribution in [-0.4, -0.2) is 51.3 Å². The lowest BCUT2D eigenvalue weighted by Crippen LogP contribution is -2.27. The van der Waals surface area contributed by atoms with E-state index in [-0.39, 0.29) is 5.54 Å². The monoisotopic (exact) mass is 525 g/mol. The average Bonchev–Trinajstić information content (AvgIpc) is 3.25. The SMILES string of the molecule is CCN(CC)c1ccc(C=Cc2nc3nc(-c4ccc(N(CC)CC)cc4)c(NC(C)(C)C)n3nc2C)cc1. The minimum absolute atomic E-state index is 0.169. The van der Waals surface area contributed by atoms with E-state index in [9.17, 15) is 0 Å². The zero-order chi connectivity index (χ0) is 28.2. The smallest absolute Gasteiger partial charge is 0.253 e. The first kappa shape index (κ1) is 28.1. The summed E-state index contributed by atoms with van der Waals surface area (Å²) in [5, 5.41) is 8.54. The van der Waals surface area contributed by atoms with Gasteiger partial charge in [-0.15, -0.1) is 0 Å². The van der Waals surface area contributed by atoms with Gasteiger partial charge in [0.05, 0.1) is 11.4 Å². The molecule has 2 heterocycles. The van der Waals surface area contributed by atoms with E-state index in [2.05, 4.69) is 118 Å². The van der Waals surface area contributed by atoms with Gasteiger partial charge in [0.2, 0.25) is 0 Å². The van der Waals surface area contributed by atoms with Gasteiger partial charge in [-0.05, 0) is 91.3 Å². The Labute approximate surface area is 233 Å². The van der Waals surface area contributed by atoms with Gasteiger partial charge in [-0.3, -0.25) is 0 Å². The Bertz CT molecular complexity index is 1400. The molecule has 7 nitrogen and oxygen atoms in total. The molecule has 0 unspecified atom stereocenters. The molecule has 0 bridgehead atoms. The minimum atomic E-state index is -0.169. The lowest BCUT2D eigenvalue weighted by atomic mass is 10.1. The molecule has 4 aromatic rings. The van der Waals surface area contributed by atoms with Crippen molar-refractivity contribution in [3.8, 4) is 11.3 Å². The predicted octanol–water partition coefficient (Wildman–Crippen LogP) is 7.17. The molecule has 4 rings (SSSR count). The molecule has 0 amide bonds. The van der Waals surface area contributed by atoms with Gasteiger partial charge in [0.25, 0.3) is 5.78 Å². The minimum Gasteiger partial charge on any atom is -0.372 e. The van der Waals surface area contributed by atoms with E-state index in [1.807, 2.05) is 17.5 Å². The number of fused-ring (bicyclic) bond motifs is 1. The molecule has 206 valence electrons. The van der Waals surface area contributed by atoms with Crippen LogP contribution in [-0.2, 0) is 0 Å². The molecule has 0 saturated carbocycles. The predicted molar refractivity (Wildman–Crippen MR) is 167 cm³/mol. The third-order valence-corrected chi connectivity index (χ3v) is 6.90. The maximum atomic E-state index is 4.96. The fourth-order valence-corrected chi connectivity index (χ4v) is 4.76. The zero-order valence-corrected chi connectivity index (χ0v) is 24.8. The zero-order valence-electron chi connectivity index (χ0n) is 24.8. The summed E-state index contributed by atoms with van der Waals surface area (Å²) in [6, 6.07) is 17.2. The number of aryl methyl sites for hydroxylation is 1. The topological polar surface area (TPSA) is 61.6 Å². The van der Waals surface area contributed by atoms with Gasteiger partial charge in [0, 0.05) is 48.7 Å². The van der Waals surface area contributed by atoms with Crippen LogP contribution >= 0.6 is 0 Å². The van der Waals surface area contributed by atoms with E-state index >= 15 is 0 Å². The van der Waals surface area contributed by atoms with E-state index in [1.165, 1.54) is 11.4 Å². The Morgan fingerprint density at radius 3 is 1.82 bits per heavy atom. The molecule has 0 aliphatic rings. The van der Waals surface area contributed by atoms with Gasteiger partial charge in [0.1, 0.15) is 5.69 Å². The molecule has 0 saturated heterocycles. The number of benzene rings is 2. The largest absolute Gasteiger partial charge is 0.372 e. The molecule has 0 aliphatic carbocycles. The summed E-state index contributed by atoms with van der Waals surface area (Å²) in [5.41, 5.74) is 6.95. The normalized spacial score (nSPS) is 11.9. The second-order valence-corrected chi connectivity index (χ2v) is 10.8. The number of rotatable bonds is 10. The number of nitrogens with zero attached hydrogens (tertiary/aromatic N) is 6. The van der Waals surface area contributed by atoms with E-state index < -0.39 is 0 Å². The van der Waals surface area contributed by atoms with Crippen molar-refractivity contribution < 1.29 is 0 Å². The van der Waals surface area contributed by atoms with Gasteiger partial charge in [-0.25, -0.2) is 9.97 Å². The Morgan fingerprint density at radius 2 is 1.31 bits per heavy atom. The molecule has 7 heteroatoms. The third kappa shape index (κ3) is 6.41. The van der Waals surface area contributed by atoms with Crippen molar-refractivity contribution in [2.24, 2.45) is 0 Å². The Morgan fingerprint density at radius 1 is 0.769 bits per heavy atom. The van der Waals surface area contributed by atoms with Crippen molar-refractivity contribution in [2.75, 3.05) is 41.3 Å². The van der Waals surface area contributed by atoms with Crippen molar-refractivity contribution in [3.05, 3.63) is 65.5 Å². The third-order valence-electron chi connectivity index (χ3n) is 6.90. The molecule has 0 radical (unpaired) electrons. The summed E-state index contributed by atoms with van der Waals surface area (Å²) < 4.78 is 1.84. The van der Waals surface area contributed by atoms with Crippen LogP contribution in [0.1, 0.15) is 65.4 Å².